The second kappa shape index (κ2) is 6.25. The molecule has 2 aromatic rings. The molecule has 3 N–H and O–H groups in total. The molecule has 0 unspecified atom stereocenters. The van der Waals surface area contributed by atoms with Crippen molar-refractivity contribution in [2.24, 2.45) is 5.73 Å². The third-order valence-electron chi connectivity index (χ3n) is 3.90. The molecule has 7 heteroatoms. The summed E-state index contributed by atoms with van der Waals surface area (Å²) in [6.45, 7) is 1.73. The number of nitrogens with two attached hydrogens (primary N) is 1. The quantitative estimate of drug-likeness (QED) is 0.853. The normalized spacial score (nSPS) is 18.7. The minimum absolute atomic E-state index is 0.0121. The van der Waals surface area contributed by atoms with Crippen LogP contribution >= 0.6 is 0 Å². The third kappa shape index (κ3) is 3.00. The molecule has 0 saturated carbocycles. The molecule has 1 saturated heterocycles. The first-order valence-corrected chi connectivity index (χ1v) is 7.23. The van der Waals surface area contributed by atoms with Crippen LogP contribution in [0.2, 0.25) is 0 Å². The summed E-state index contributed by atoms with van der Waals surface area (Å²) in [6.07, 6.45) is 1.95. The van der Waals surface area contributed by atoms with Crippen LogP contribution < -0.4 is 5.73 Å². The van der Waals surface area contributed by atoms with Crippen LogP contribution in [0, 0.1) is 0 Å². The molecule has 2 heterocycles. The van der Waals surface area contributed by atoms with Crippen LogP contribution in [0.1, 0.15) is 46.5 Å². The highest BCUT2D eigenvalue weighted by atomic mass is 16.5. The van der Waals surface area contributed by atoms with Crippen molar-refractivity contribution in [3.05, 3.63) is 47.1 Å². The van der Waals surface area contributed by atoms with Crippen molar-refractivity contribution in [3.63, 3.8) is 0 Å². The van der Waals surface area contributed by atoms with Gasteiger partial charge in [0.25, 0.3) is 11.7 Å². The van der Waals surface area contributed by atoms with Crippen molar-refractivity contribution in [1.82, 2.24) is 15.0 Å². The van der Waals surface area contributed by atoms with Gasteiger partial charge in [-0.2, -0.15) is 4.98 Å². The number of carbonyl (C=O) groups is 1. The Morgan fingerprint density at radius 3 is 2.73 bits per heavy atom. The Hall–Kier alpha value is -2.25. The highest BCUT2D eigenvalue weighted by Crippen LogP contribution is 2.32. The first kappa shape index (κ1) is 14.7. The molecule has 1 aromatic carbocycles. The van der Waals surface area contributed by atoms with Gasteiger partial charge in [-0.15, -0.1) is 0 Å². The summed E-state index contributed by atoms with van der Waals surface area (Å²) in [6, 6.07) is 7.85. The third-order valence-corrected chi connectivity index (χ3v) is 3.90. The lowest BCUT2D eigenvalue weighted by Gasteiger charge is -2.21. The molecule has 1 atom stereocenters. The van der Waals surface area contributed by atoms with Crippen LogP contribution in [-0.4, -0.2) is 32.6 Å². The maximum atomic E-state index is 11.1. The van der Waals surface area contributed by atoms with Gasteiger partial charge in [0.1, 0.15) is 0 Å². The van der Waals surface area contributed by atoms with Crippen LogP contribution in [-0.2, 0) is 13.2 Å². The Bertz CT molecular complexity index is 653. The summed E-state index contributed by atoms with van der Waals surface area (Å²) in [4.78, 5) is 17.4. The largest absolute Gasteiger partial charge is 0.392 e. The zero-order chi connectivity index (χ0) is 15.5. The van der Waals surface area contributed by atoms with E-state index >= 15 is 0 Å². The van der Waals surface area contributed by atoms with E-state index in [1.54, 1.807) is 0 Å². The molecule has 3 rings (SSSR count). The molecule has 1 aliphatic heterocycles. The van der Waals surface area contributed by atoms with Gasteiger partial charge in [0.15, 0.2) is 0 Å². The number of aliphatic hydroxyl groups excluding tert-OH is 1. The average Bonchev–Trinajstić information content (AvgIpc) is 3.16. The lowest BCUT2D eigenvalue weighted by atomic mass is 10.1. The fraction of sp³-hybridized carbons (Fsp3) is 0.400. The van der Waals surface area contributed by atoms with E-state index in [9.17, 15) is 4.79 Å². The number of likely N-dealkylation sites (tertiary alicyclic amines) is 1. The van der Waals surface area contributed by atoms with Crippen LogP contribution in [0.3, 0.4) is 0 Å². The van der Waals surface area contributed by atoms with Gasteiger partial charge >= 0.3 is 0 Å². The molecular weight excluding hydrogens is 284 g/mol. The second-order valence-corrected chi connectivity index (χ2v) is 5.42. The number of carbonyl (C=O) groups excluding carboxylic acids is 1. The number of hydrogen-bond donors (Lipinski definition) is 2. The molecule has 0 radical (unpaired) electrons. The van der Waals surface area contributed by atoms with E-state index in [2.05, 4.69) is 15.0 Å². The van der Waals surface area contributed by atoms with Crippen molar-refractivity contribution < 1.29 is 14.4 Å². The first-order chi connectivity index (χ1) is 10.7. The zero-order valence-electron chi connectivity index (χ0n) is 12.1. The fourth-order valence-electron chi connectivity index (χ4n) is 2.75. The molecule has 0 aliphatic carbocycles. The summed E-state index contributed by atoms with van der Waals surface area (Å²) in [5.41, 5.74) is 7.20. The van der Waals surface area contributed by atoms with E-state index < -0.39 is 5.91 Å². The van der Waals surface area contributed by atoms with Gasteiger partial charge in [-0.05, 0) is 30.5 Å². The smallest absolute Gasteiger partial charge is 0.290 e. The van der Waals surface area contributed by atoms with E-state index in [1.165, 1.54) is 0 Å². The molecule has 1 fully saturated rings. The van der Waals surface area contributed by atoms with E-state index in [1.807, 2.05) is 24.3 Å². The number of rotatable bonds is 5. The Kier molecular flexibility index (Phi) is 4.17. The van der Waals surface area contributed by atoms with E-state index in [0.29, 0.717) is 5.89 Å². The van der Waals surface area contributed by atoms with Gasteiger partial charge in [0, 0.05) is 6.54 Å². The molecule has 7 nitrogen and oxygen atoms in total. The number of benzene rings is 1. The Morgan fingerprint density at radius 2 is 2.09 bits per heavy atom. The first-order valence-electron chi connectivity index (χ1n) is 7.23. The standard InChI is InChI=1S/C15H18N4O3/c16-13(21)14-17-15(22-18-14)12-2-1-7-19(12)8-10-3-5-11(9-20)6-4-10/h3-6,12,20H,1-2,7-9H2,(H2,16,21)/t12-/m0/s1. The van der Waals surface area contributed by atoms with Crippen LogP contribution in [0.4, 0.5) is 0 Å². The second-order valence-electron chi connectivity index (χ2n) is 5.42. The van der Waals surface area contributed by atoms with Gasteiger partial charge in [-0.3, -0.25) is 9.69 Å². The predicted octanol–water partition coefficient (Wildman–Crippen LogP) is 0.998. The molecule has 1 aliphatic rings. The number of nitrogens with zero attached hydrogens (tertiary/aromatic N) is 3. The lowest BCUT2D eigenvalue weighted by molar-refractivity contribution is 0.0987. The molecular formula is C15H18N4O3. The fourth-order valence-corrected chi connectivity index (χ4v) is 2.75. The van der Waals surface area contributed by atoms with Crippen LogP contribution in [0.15, 0.2) is 28.8 Å². The van der Waals surface area contributed by atoms with E-state index in [0.717, 1.165) is 37.1 Å². The number of primary amides is 1. The summed E-state index contributed by atoms with van der Waals surface area (Å²) in [5.74, 6) is -0.313. The summed E-state index contributed by atoms with van der Waals surface area (Å²) >= 11 is 0. The Balaban J connectivity index is 1.73. The SMILES string of the molecule is NC(=O)c1noc([C@@H]2CCCN2Cc2ccc(CO)cc2)n1. The Labute approximate surface area is 127 Å². The van der Waals surface area contributed by atoms with E-state index in [-0.39, 0.29) is 18.5 Å². The summed E-state index contributed by atoms with van der Waals surface area (Å²) in [7, 11) is 0. The van der Waals surface area contributed by atoms with E-state index in [4.69, 9.17) is 15.4 Å². The maximum absolute atomic E-state index is 11.1. The summed E-state index contributed by atoms with van der Waals surface area (Å²) in [5, 5.41) is 12.7. The minimum atomic E-state index is -0.681. The van der Waals surface area contributed by atoms with Crippen LogP contribution in [0.5, 0.6) is 0 Å². The molecule has 22 heavy (non-hydrogen) atoms. The topological polar surface area (TPSA) is 105 Å². The highest BCUT2D eigenvalue weighted by Gasteiger charge is 2.31. The van der Waals surface area contributed by atoms with Crippen molar-refractivity contribution in [2.45, 2.75) is 32.0 Å². The van der Waals surface area contributed by atoms with Crippen molar-refractivity contribution >= 4 is 5.91 Å². The van der Waals surface area contributed by atoms with Crippen LogP contribution in [0.25, 0.3) is 0 Å². The van der Waals surface area contributed by atoms with Crippen molar-refractivity contribution in [3.8, 4) is 0 Å². The zero-order valence-corrected chi connectivity index (χ0v) is 12.1. The maximum Gasteiger partial charge on any atom is 0.290 e. The number of aromatic nitrogens is 2. The summed E-state index contributed by atoms with van der Waals surface area (Å²) < 4.78 is 5.18. The average molecular weight is 302 g/mol. The predicted molar refractivity (Wildman–Crippen MR) is 77.6 cm³/mol. The van der Waals surface area contributed by atoms with Crippen molar-refractivity contribution in [2.75, 3.05) is 6.54 Å². The lowest BCUT2D eigenvalue weighted by Crippen LogP contribution is -2.23. The van der Waals surface area contributed by atoms with Gasteiger partial charge in [0.05, 0.1) is 12.6 Å². The molecule has 0 bridgehead atoms. The molecule has 1 aromatic heterocycles. The minimum Gasteiger partial charge on any atom is -0.392 e. The Morgan fingerprint density at radius 1 is 1.36 bits per heavy atom. The van der Waals surface area contributed by atoms with Gasteiger partial charge in [-0.1, -0.05) is 29.4 Å². The number of amides is 1. The monoisotopic (exact) mass is 302 g/mol. The highest BCUT2D eigenvalue weighted by molar-refractivity contribution is 5.88. The number of aliphatic hydroxyl groups is 1. The molecule has 116 valence electrons. The van der Waals surface area contributed by atoms with Gasteiger partial charge in [-0.25, -0.2) is 0 Å². The molecule has 0 spiro atoms. The van der Waals surface area contributed by atoms with Gasteiger partial charge in [0.2, 0.25) is 5.89 Å². The molecule has 1 amide bonds. The number of hydrogen-bond acceptors (Lipinski definition) is 6. The van der Waals surface area contributed by atoms with Crippen molar-refractivity contribution in [1.29, 1.82) is 0 Å². The van der Waals surface area contributed by atoms with Gasteiger partial charge < -0.3 is 15.4 Å².